The number of hydrogen-bond donors (Lipinski definition) is 0. The van der Waals surface area contributed by atoms with Gasteiger partial charge in [0, 0.05) is 32.9 Å². The van der Waals surface area contributed by atoms with Gasteiger partial charge in [-0.2, -0.15) is 9.97 Å². The number of anilines is 1. The fourth-order valence-corrected chi connectivity index (χ4v) is 6.00. The van der Waals surface area contributed by atoms with Gasteiger partial charge in [-0.25, -0.2) is 17.7 Å². The van der Waals surface area contributed by atoms with Crippen molar-refractivity contribution >= 4 is 68.2 Å². The van der Waals surface area contributed by atoms with Gasteiger partial charge in [0.25, 0.3) is 15.7 Å². The fraction of sp³-hybridized carbons (Fsp3) is 0.400. The van der Waals surface area contributed by atoms with Crippen LogP contribution in [0.1, 0.15) is 27.0 Å². The second kappa shape index (κ2) is 13.6. The van der Waals surface area contributed by atoms with Crippen LogP contribution in [0.5, 0.6) is 0 Å². The normalized spacial score (nSPS) is 19.3. The number of hydrogen-bond acceptors (Lipinski definition) is 16. The van der Waals surface area contributed by atoms with Gasteiger partial charge >= 0.3 is 23.9 Å². The molecule has 1 aliphatic rings. The molecule has 3 aromatic rings. The number of ether oxygens (including phenoxy) is 5. The van der Waals surface area contributed by atoms with Crippen LogP contribution >= 0.6 is 11.6 Å². The Labute approximate surface area is 264 Å². The van der Waals surface area contributed by atoms with Gasteiger partial charge in [0.15, 0.2) is 35.4 Å². The maximum atomic E-state index is 13.8. The molecular weight excluding hydrogens is 660 g/mol. The first kappa shape index (κ1) is 33.9. The van der Waals surface area contributed by atoms with Crippen molar-refractivity contribution in [3.05, 3.63) is 46.0 Å². The standard InChI is InChI=1S/C25H25ClN6O13S/c1-12(33)42-10-17-20(43-13(2)34)21(44-14(3)35)24(45-17)30-11-27-19-22(30)28-25(26)29-23(19)31(9-18(36)41-4)46(39,40)16-7-5-15(6-8-16)32(37)38/h5-8,11,17,20-21,24H,9-10H2,1-4H3/t17-,20-,21-,24-/m1/s1. The van der Waals surface area contributed by atoms with Gasteiger partial charge in [-0.05, 0) is 23.7 Å². The molecule has 1 saturated heterocycles. The van der Waals surface area contributed by atoms with Gasteiger partial charge in [-0.3, -0.25) is 33.9 Å². The van der Waals surface area contributed by atoms with Crippen molar-refractivity contribution in [2.24, 2.45) is 0 Å². The number of aromatic nitrogens is 4. The summed E-state index contributed by atoms with van der Waals surface area (Å²) in [5.41, 5.74) is -0.806. The lowest BCUT2D eigenvalue weighted by Gasteiger charge is -2.24. The lowest BCUT2D eigenvalue weighted by Crippen LogP contribution is -2.40. The van der Waals surface area contributed by atoms with Gasteiger partial charge in [-0.1, -0.05) is 0 Å². The Hall–Kier alpha value is -4.95. The monoisotopic (exact) mass is 684 g/mol. The van der Waals surface area contributed by atoms with Crippen molar-refractivity contribution in [1.29, 1.82) is 0 Å². The highest BCUT2D eigenvalue weighted by Crippen LogP contribution is 2.38. The zero-order chi connectivity index (χ0) is 33.9. The van der Waals surface area contributed by atoms with Crippen LogP contribution in [0.15, 0.2) is 35.5 Å². The molecule has 46 heavy (non-hydrogen) atoms. The third kappa shape index (κ3) is 7.13. The number of carbonyl (C=O) groups is 4. The summed E-state index contributed by atoms with van der Waals surface area (Å²) >= 11 is 6.23. The number of benzene rings is 1. The summed E-state index contributed by atoms with van der Waals surface area (Å²) in [4.78, 5) is 70.2. The minimum Gasteiger partial charge on any atom is -0.468 e. The van der Waals surface area contributed by atoms with Crippen LogP contribution in [0.2, 0.25) is 5.28 Å². The number of fused-ring (bicyclic) bond motifs is 1. The molecule has 21 heteroatoms. The predicted octanol–water partition coefficient (Wildman–Crippen LogP) is 1.08. The number of carbonyl (C=O) groups excluding carboxylic acids is 4. The lowest BCUT2D eigenvalue weighted by molar-refractivity contribution is -0.384. The van der Waals surface area contributed by atoms with Crippen molar-refractivity contribution in [3.63, 3.8) is 0 Å². The largest absolute Gasteiger partial charge is 0.468 e. The average Bonchev–Trinajstić information content (AvgIpc) is 3.54. The van der Waals surface area contributed by atoms with Crippen LogP contribution in [0.3, 0.4) is 0 Å². The molecule has 0 N–H and O–H groups in total. The number of nitro groups is 1. The van der Waals surface area contributed by atoms with Gasteiger partial charge in [0.1, 0.15) is 19.3 Å². The first-order chi connectivity index (χ1) is 21.6. The quantitative estimate of drug-likeness (QED) is 0.0902. The number of esters is 4. The average molecular weight is 685 g/mol. The van der Waals surface area contributed by atoms with Crippen molar-refractivity contribution in [2.75, 3.05) is 24.6 Å². The van der Waals surface area contributed by atoms with Crippen molar-refractivity contribution in [3.8, 4) is 0 Å². The second-order valence-corrected chi connectivity index (χ2v) is 11.7. The predicted molar refractivity (Wildman–Crippen MR) is 152 cm³/mol. The van der Waals surface area contributed by atoms with Crippen LogP contribution in [0.25, 0.3) is 11.2 Å². The summed E-state index contributed by atoms with van der Waals surface area (Å²) in [6.07, 6.45) is -4.01. The Morgan fingerprint density at radius 1 is 1.04 bits per heavy atom. The van der Waals surface area contributed by atoms with E-state index in [4.69, 9.17) is 30.5 Å². The van der Waals surface area contributed by atoms with Crippen LogP contribution in [-0.4, -0.2) is 95.3 Å². The van der Waals surface area contributed by atoms with E-state index in [0.29, 0.717) is 4.31 Å². The second-order valence-electron chi connectivity index (χ2n) is 9.49. The summed E-state index contributed by atoms with van der Waals surface area (Å²) in [5.74, 6) is -3.74. The number of halogens is 1. The van der Waals surface area contributed by atoms with E-state index in [1.807, 2.05) is 0 Å². The third-order valence-electron chi connectivity index (χ3n) is 6.36. The lowest BCUT2D eigenvalue weighted by atomic mass is 10.1. The molecule has 2 aromatic heterocycles. The molecule has 4 atom stereocenters. The first-order valence-corrected chi connectivity index (χ1v) is 14.8. The molecule has 0 aliphatic carbocycles. The van der Waals surface area contributed by atoms with Crippen LogP contribution in [0.4, 0.5) is 11.5 Å². The van der Waals surface area contributed by atoms with E-state index in [1.54, 1.807) is 0 Å². The number of imidazole rings is 1. The topological polar surface area (TPSA) is 239 Å². The minimum atomic E-state index is -4.69. The van der Waals surface area contributed by atoms with E-state index in [2.05, 4.69) is 19.7 Å². The Kier molecular flexibility index (Phi) is 10.0. The molecule has 3 heterocycles. The minimum absolute atomic E-state index is 0.180. The van der Waals surface area contributed by atoms with Crippen molar-refractivity contribution in [1.82, 2.24) is 19.5 Å². The molecule has 0 bridgehead atoms. The highest BCUT2D eigenvalue weighted by atomic mass is 35.5. The van der Waals surface area contributed by atoms with Gasteiger partial charge in [0.2, 0.25) is 5.28 Å². The van der Waals surface area contributed by atoms with E-state index in [1.165, 1.54) is 4.57 Å². The third-order valence-corrected chi connectivity index (χ3v) is 8.28. The number of non-ortho nitro benzene ring substituents is 1. The molecule has 0 radical (unpaired) electrons. The Bertz CT molecular complexity index is 1800. The maximum absolute atomic E-state index is 13.8. The van der Waals surface area contributed by atoms with E-state index in [0.717, 1.165) is 58.5 Å². The number of nitrogens with zero attached hydrogens (tertiary/aromatic N) is 6. The number of nitro benzene ring substituents is 1. The summed E-state index contributed by atoms with van der Waals surface area (Å²) in [6.45, 7) is 2.01. The Morgan fingerprint density at radius 2 is 1.67 bits per heavy atom. The molecular formula is C25H25ClN6O13S. The van der Waals surface area contributed by atoms with E-state index >= 15 is 0 Å². The molecule has 1 fully saturated rings. The number of methoxy groups -OCH3 is 1. The molecule has 0 unspecified atom stereocenters. The zero-order valence-electron chi connectivity index (χ0n) is 24.4. The Morgan fingerprint density at radius 3 is 2.24 bits per heavy atom. The highest BCUT2D eigenvalue weighted by molar-refractivity contribution is 7.92. The molecule has 4 rings (SSSR count). The number of rotatable bonds is 11. The smallest absolute Gasteiger partial charge is 0.326 e. The van der Waals surface area contributed by atoms with Crippen molar-refractivity contribution in [2.45, 2.75) is 50.2 Å². The molecule has 19 nitrogen and oxygen atoms in total. The van der Waals surface area contributed by atoms with E-state index in [-0.39, 0.29) is 16.9 Å². The Balaban J connectivity index is 1.87. The molecule has 246 valence electrons. The summed E-state index contributed by atoms with van der Waals surface area (Å²) in [6, 6.07) is 3.84. The maximum Gasteiger partial charge on any atom is 0.326 e. The molecule has 0 amide bonds. The summed E-state index contributed by atoms with van der Waals surface area (Å²) < 4.78 is 55.9. The zero-order valence-corrected chi connectivity index (χ0v) is 26.0. The first-order valence-electron chi connectivity index (χ1n) is 13.0. The van der Waals surface area contributed by atoms with Gasteiger partial charge in [-0.15, -0.1) is 0 Å². The fourth-order valence-electron chi connectivity index (χ4n) is 4.48. The molecule has 0 saturated carbocycles. The van der Waals surface area contributed by atoms with Gasteiger partial charge < -0.3 is 23.7 Å². The SMILES string of the molecule is COC(=O)CN(c1nc(Cl)nc2c1ncn2[C@@H]1O[C@H](COC(C)=O)[C@@H](OC(C)=O)[C@H]1OC(C)=O)S(=O)(=O)c1ccc([N+](=O)[O-])cc1. The summed E-state index contributed by atoms with van der Waals surface area (Å²) in [7, 11) is -3.67. The van der Waals surface area contributed by atoms with E-state index < -0.39 is 92.5 Å². The number of sulfonamides is 1. The molecule has 0 spiro atoms. The van der Waals surface area contributed by atoms with Crippen LogP contribution < -0.4 is 4.31 Å². The molecule has 1 aliphatic heterocycles. The van der Waals surface area contributed by atoms with Crippen LogP contribution in [-0.2, 0) is 52.9 Å². The highest BCUT2D eigenvalue weighted by Gasteiger charge is 2.51. The molecule has 1 aromatic carbocycles. The van der Waals surface area contributed by atoms with Gasteiger partial charge in [0.05, 0.1) is 23.3 Å². The van der Waals surface area contributed by atoms with Crippen LogP contribution in [0, 0.1) is 10.1 Å². The summed E-state index contributed by atoms with van der Waals surface area (Å²) in [5, 5.41) is 10.6. The van der Waals surface area contributed by atoms with Crippen molar-refractivity contribution < 1.29 is 56.2 Å². The van der Waals surface area contributed by atoms with E-state index in [9.17, 15) is 37.7 Å².